The van der Waals surface area contributed by atoms with Crippen LogP contribution in [0.25, 0.3) is 0 Å². The van der Waals surface area contributed by atoms with Crippen LogP contribution in [0.1, 0.15) is 32.4 Å². The van der Waals surface area contributed by atoms with Crippen LogP contribution in [0.2, 0.25) is 0 Å². The molecule has 3 nitrogen and oxygen atoms in total. The van der Waals surface area contributed by atoms with Gasteiger partial charge in [0.15, 0.2) is 0 Å². The first-order valence-corrected chi connectivity index (χ1v) is 5.89. The normalized spacial score (nSPS) is 11.2. The van der Waals surface area contributed by atoms with Crippen LogP contribution in [0.5, 0.6) is 0 Å². The molecule has 0 aromatic carbocycles. The molecule has 1 N–H and O–H groups in total. The Morgan fingerprint density at radius 2 is 2.20 bits per heavy atom. The lowest BCUT2D eigenvalue weighted by molar-refractivity contribution is 0.504. The summed E-state index contributed by atoms with van der Waals surface area (Å²) in [7, 11) is 0. The van der Waals surface area contributed by atoms with Crippen LogP contribution >= 0.6 is 0 Å². The molecule has 1 heterocycles. The first kappa shape index (κ1) is 12.2. The van der Waals surface area contributed by atoms with Gasteiger partial charge in [0.1, 0.15) is 0 Å². The van der Waals surface area contributed by atoms with Gasteiger partial charge in [0.2, 0.25) is 0 Å². The highest BCUT2D eigenvalue weighted by Crippen LogP contribution is 2.01. The molecule has 86 valence electrons. The quantitative estimate of drug-likeness (QED) is 0.698. The number of nitrogens with zero attached hydrogens (tertiary/aromatic N) is 2. The fraction of sp³-hybridized carbons (Fsp3) is 0.750. The van der Waals surface area contributed by atoms with Gasteiger partial charge in [0.25, 0.3) is 0 Å². The van der Waals surface area contributed by atoms with Gasteiger partial charge in [-0.15, -0.1) is 0 Å². The Morgan fingerprint density at radius 3 is 2.80 bits per heavy atom. The van der Waals surface area contributed by atoms with E-state index in [2.05, 4.69) is 24.3 Å². The Kier molecular flexibility index (Phi) is 5.40. The molecule has 0 aliphatic carbocycles. The third-order valence-corrected chi connectivity index (χ3v) is 2.43. The molecule has 0 fully saturated rings. The third kappa shape index (κ3) is 5.57. The fourth-order valence-electron chi connectivity index (χ4n) is 1.54. The van der Waals surface area contributed by atoms with Crippen molar-refractivity contribution >= 4 is 0 Å². The minimum atomic E-state index is 0.820. The molecule has 0 radical (unpaired) electrons. The standard InChI is InChI=1S/C12H23N3/c1-11(2)5-4-7-13-8-10-15-9-6-12(3)14-15/h6,9,11,13H,4-5,7-8,10H2,1-3H3. The van der Waals surface area contributed by atoms with Crippen molar-refractivity contribution in [3.8, 4) is 0 Å². The SMILES string of the molecule is Cc1ccn(CCNCCCC(C)C)n1. The number of aromatic nitrogens is 2. The van der Waals surface area contributed by atoms with Crippen molar-refractivity contribution in [1.82, 2.24) is 15.1 Å². The second-order valence-corrected chi connectivity index (χ2v) is 4.51. The Bertz CT molecular complexity index is 266. The van der Waals surface area contributed by atoms with E-state index in [4.69, 9.17) is 0 Å². The van der Waals surface area contributed by atoms with Crippen LogP contribution in [0.3, 0.4) is 0 Å². The summed E-state index contributed by atoms with van der Waals surface area (Å²) in [4.78, 5) is 0. The molecular weight excluding hydrogens is 186 g/mol. The summed E-state index contributed by atoms with van der Waals surface area (Å²) in [6.07, 6.45) is 4.62. The lowest BCUT2D eigenvalue weighted by Gasteiger charge is -2.06. The highest BCUT2D eigenvalue weighted by molar-refractivity contribution is 4.94. The summed E-state index contributed by atoms with van der Waals surface area (Å²) in [5.41, 5.74) is 1.09. The van der Waals surface area contributed by atoms with Crippen LogP contribution in [0, 0.1) is 12.8 Å². The molecule has 0 amide bonds. The van der Waals surface area contributed by atoms with Crippen molar-refractivity contribution in [2.75, 3.05) is 13.1 Å². The molecule has 0 aliphatic heterocycles. The van der Waals surface area contributed by atoms with Gasteiger partial charge in [-0.25, -0.2) is 0 Å². The van der Waals surface area contributed by atoms with E-state index in [9.17, 15) is 0 Å². The van der Waals surface area contributed by atoms with Crippen LogP contribution < -0.4 is 5.32 Å². The van der Waals surface area contributed by atoms with Crippen molar-refractivity contribution < 1.29 is 0 Å². The molecule has 0 saturated carbocycles. The molecule has 0 spiro atoms. The predicted octanol–water partition coefficient (Wildman–Crippen LogP) is 2.22. The van der Waals surface area contributed by atoms with Gasteiger partial charge in [-0.2, -0.15) is 5.10 Å². The first-order chi connectivity index (χ1) is 7.18. The fourth-order valence-corrected chi connectivity index (χ4v) is 1.54. The molecule has 15 heavy (non-hydrogen) atoms. The molecule has 1 aromatic heterocycles. The molecule has 3 heteroatoms. The number of nitrogens with one attached hydrogen (secondary N) is 1. The van der Waals surface area contributed by atoms with Gasteiger partial charge < -0.3 is 5.32 Å². The molecule has 1 rings (SSSR count). The Labute approximate surface area is 92.9 Å². The van der Waals surface area contributed by atoms with Gasteiger partial charge in [-0.1, -0.05) is 13.8 Å². The van der Waals surface area contributed by atoms with Crippen LogP contribution in [0.4, 0.5) is 0 Å². The monoisotopic (exact) mass is 209 g/mol. The molecule has 0 atom stereocenters. The largest absolute Gasteiger partial charge is 0.315 e. The Morgan fingerprint density at radius 1 is 1.40 bits per heavy atom. The van der Waals surface area contributed by atoms with Crippen LogP contribution in [0.15, 0.2) is 12.3 Å². The van der Waals surface area contributed by atoms with Crippen molar-refractivity contribution in [3.63, 3.8) is 0 Å². The molecule has 0 aliphatic rings. The van der Waals surface area contributed by atoms with E-state index in [0.717, 1.165) is 31.2 Å². The number of aryl methyl sites for hydroxylation is 1. The van der Waals surface area contributed by atoms with Gasteiger partial charge >= 0.3 is 0 Å². The minimum Gasteiger partial charge on any atom is -0.315 e. The highest BCUT2D eigenvalue weighted by atomic mass is 15.3. The average molecular weight is 209 g/mol. The number of rotatable bonds is 7. The van der Waals surface area contributed by atoms with Gasteiger partial charge in [-0.3, -0.25) is 4.68 Å². The van der Waals surface area contributed by atoms with E-state index in [1.165, 1.54) is 12.8 Å². The lowest BCUT2D eigenvalue weighted by atomic mass is 10.1. The predicted molar refractivity (Wildman–Crippen MR) is 63.9 cm³/mol. The topological polar surface area (TPSA) is 29.9 Å². The van der Waals surface area contributed by atoms with Crippen molar-refractivity contribution in [1.29, 1.82) is 0 Å². The highest BCUT2D eigenvalue weighted by Gasteiger charge is 1.95. The Hall–Kier alpha value is -0.830. The smallest absolute Gasteiger partial charge is 0.0593 e. The first-order valence-electron chi connectivity index (χ1n) is 5.89. The van der Waals surface area contributed by atoms with E-state index < -0.39 is 0 Å². The number of hydrogen-bond acceptors (Lipinski definition) is 2. The van der Waals surface area contributed by atoms with Crippen molar-refractivity contribution in [2.24, 2.45) is 5.92 Å². The molecule has 0 saturated heterocycles. The maximum Gasteiger partial charge on any atom is 0.0593 e. The molecular formula is C12H23N3. The van der Waals surface area contributed by atoms with Gasteiger partial charge in [0.05, 0.1) is 12.2 Å². The maximum atomic E-state index is 4.33. The van der Waals surface area contributed by atoms with Crippen molar-refractivity contribution in [3.05, 3.63) is 18.0 Å². The van der Waals surface area contributed by atoms with Crippen LogP contribution in [-0.4, -0.2) is 22.9 Å². The summed E-state index contributed by atoms with van der Waals surface area (Å²) in [5.74, 6) is 0.820. The van der Waals surface area contributed by atoms with E-state index in [1.807, 2.05) is 23.9 Å². The molecule has 0 unspecified atom stereocenters. The zero-order valence-electron chi connectivity index (χ0n) is 10.2. The summed E-state index contributed by atoms with van der Waals surface area (Å²) in [6.45, 7) is 9.67. The molecule has 0 bridgehead atoms. The maximum absolute atomic E-state index is 4.33. The van der Waals surface area contributed by atoms with E-state index >= 15 is 0 Å². The average Bonchev–Trinajstić information content (AvgIpc) is 2.57. The third-order valence-electron chi connectivity index (χ3n) is 2.43. The number of hydrogen-bond donors (Lipinski definition) is 1. The summed E-state index contributed by atoms with van der Waals surface area (Å²) in [6, 6.07) is 2.04. The lowest BCUT2D eigenvalue weighted by Crippen LogP contribution is -2.21. The van der Waals surface area contributed by atoms with Crippen molar-refractivity contribution in [2.45, 2.75) is 40.2 Å². The summed E-state index contributed by atoms with van der Waals surface area (Å²) < 4.78 is 1.99. The van der Waals surface area contributed by atoms with E-state index in [0.29, 0.717) is 0 Å². The Balaban J connectivity index is 1.98. The second kappa shape index (κ2) is 6.62. The summed E-state index contributed by atoms with van der Waals surface area (Å²) >= 11 is 0. The zero-order chi connectivity index (χ0) is 11.1. The van der Waals surface area contributed by atoms with Crippen LogP contribution in [-0.2, 0) is 6.54 Å². The second-order valence-electron chi connectivity index (χ2n) is 4.51. The minimum absolute atomic E-state index is 0.820. The van der Waals surface area contributed by atoms with Gasteiger partial charge in [0, 0.05) is 12.7 Å². The van der Waals surface area contributed by atoms with E-state index in [-0.39, 0.29) is 0 Å². The van der Waals surface area contributed by atoms with Gasteiger partial charge in [-0.05, 0) is 38.3 Å². The molecule has 1 aromatic rings. The zero-order valence-corrected chi connectivity index (χ0v) is 10.2. The van der Waals surface area contributed by atoms with E-state index in [1.54, 1.807) is 0 Å². The summed E-state index contributed by atoms with van der Waals surface area (Å²) in [5, 5.41) is 7.77.